The molecule has 0 spiro atoms. The van der Waals surface area contributed by atoms with Crippen molar-refractivity contribution in [3.63, 3.8) is 0 Å². The second-order valence-corrected chi connectivity index (χ2v) is 29.6. The lowest BCUT2D eigenvalue weighted by atomic mass is 10.0. The highest BCUT2D eigenvalue weighted by molar-refractivity contribution is 7.47. The van der Waals surface area contributed by atoms with Gasteiger partial charge in [0.25, 0.3) is 0 Å². The third-order valence-corrected chi connectivity index (χ3v) is 18.0. The van der Waals surface area contributed by atoms with Crippen LogP contribution >= 0.6 is 15.6 Å². The van der Waals surface area contributed by atoms with Crippen LogP contribution in [0.15, 0.2) is 0 Å². The van der Waals surface area contributed by atoms with Gasteiger partial charge in [0.2, 0.25) is 0 Å². The van der Waals surface area contributed by atoms with Gasteiger partial charge in [-0.2, -0.15) is 0 Å². The van der Waals surface area contributed by atoms with Crippen molar-refractivity contribution >= 4 is 39.5 Å². The summed E-state index contributed by atoms with van der Waals surface area (Å²) in [4.78, 5) is 72.4. The number of carbonyl (C=O) groups is 4. The predicted molar refractivity (Wildman–Crippen MR) is 358 cm³/mol. The lowest BCUT2D eigenvalue weighted by molar-refractivity contribution is -0.161. The van der Waals surface area contributed by atoms with E-state index in [1.54, 1.807) is 0 Å². The standard InChI is InChI=1S/C70H136O17P2/c1-8-9-10-11-27-37-44-51-67(72)80-57-65(86-70(75)54-47-40-33-26-20-19-23-30-36-43-50-63(6)7)59-84-88(76,77)82-55-64(71)56-83-89(78,79)85-60-66(58-81-68(73)52-45-38-31-24-18-14-16-22-29-35-42-49-62(4)5)87-69(74)53-46-39-32-25-17-13-12-15-21-28-34-41-48-61(2)3/h61-66,71H,8-60H2,1-7H3,(H,76,77)(H,78,79)/t64-,65+,66+/m0/s1. The maximum absolute atomic E-state index is 13.0. The number of hydrogen-bond acceptors (Lipinski definition) is 15. The zero-order valence-electron chi connectivity index (χ0n) is 57.9. The molecular formula is C70H136O17P2. The predicted octanol–water partition coefficient (Wildman–Crippen LogP) is 19.8. The van der Waals surface area contributed by atoms with Crippen LogP contribution < -0.4 is 0 Å². The molecule has 0 aliphatic rings. The second kappa shape index (κ2) is 61.0. The van der Waals surface area contributed by atoms with Crippen molar-refractivity contribution < 1.29 is 80.2 Å². The van der Waals surface area contributed by atoms with E-state index in [4.69, 9.17) is 37.0 Å². The number of carbonyl (C=O) groups excluding carboxylic acids is 4. The number of phosphoric acid groups is 2. The molecule has 0 aromatic rings. The SMILES string of the molecule is CCCCCCCCCC(=O)OC[C@H](COP(=O)(O)OC[C@H](O)COP(=O)(O)OC[C@@H](COC(=O)CCCCCCCCCCCCCC(C)C)OC(=O)CCCCCCCCCCCCCCC(C)C)OC(=O)CCCCCCCCCCCCC(C)C. The minimum Gasteiger partial charge on any atom is -0.462 e. The van der Waals surface area contributed by atoms with Crippen LogP contribution in [0.1, 0.15) is 350 Å². The first kappa shape index (κ1) is 87.1. The van der Waals surface area contributed by atoms with Gasteiger partial charge in [-0.15, -0.1) is 0 Å². The van der Waals surface area contributed by atoms with Crippen molar-refractivity contribution in [1.82, 2.24) is 0 Å². The summed E-state index contributed by atoms with van der Waals surface area (Å²) in [7, 11) is -9.90. The Labute approximate surface area is 543 Å². The molecule has 0 bridgehead atoms. The number of unbranched alkanes of at least 4 members (excludes halogenated alkanes) is 36. The highest BCUT2D eigenvalue weighted by Gasteiger charge is 2.30. The molecule has 89 heavy (non-hydrogen) atoms. The van der Waals surface area contributed by atoms with Gasteiger partial charge in [-0.05, 0) is 43.4 Å². The van der Waals surface area contributed by atoms with E-state index in [-0.39, 0.29) is 25.7 Å². The molecule has 19 heteroatoms. The Bertz CT molecular complexity index is 1750. The van der Waals surface area contributed by atoms with Gasteiger partial charge in [0.05, 0.1) is 26.4 Å². The first-order chi connectivity index (χ1) is 42.7. The van der Waals surface area contributed by atoms with Crippen molar-refractivity contribution in [2.24, 2.45) is 17.8 Å². The molecule has 0 rings (SSSR count). The Kier molecular flexibility index (Phi) is 59.6. The third kappa shape index (κ3) is 64.6. The van der Waals surface area contributed by atoms with Crippen LogP contribution in [-0.2, 0) is 65.4 Å². The maximum atomic E-state index is 13.0. The first-order valence-corrected chi connectivity index (χ1v) is 39.3. The van der Waals surface area contributed by atoms with Crippen LogP contribution in [0.4, 0.5) is 0 Å². The normalized spacial score (nSPS) is 14.2. The lowest BCUT2D eigenvalue weighted by Gasteiger charge is -2.21. The van der Waals surface area contributed by atoms with E-state index >= 15 is 0 Å². The number of aliphatic hydroxyl groups is 1. The Morgan fingerprint density at radius 1 is 0.303 bits per heavy atom. The number of hydrogen-bond donors (Lipinski definition) is 3. The first-order valence-electron chi connectivity index (χ1n) is 36.3. The number of rotatable bonds is 68. The van der Waals surface area contributed by atoms with E-state index in [9.17, 15) is 43.2 Å². The molecule has 17 nitrogen and oxygen atoms in total. The maximum Gasteiger partial charge on any atom is 0.472 e. The van der Waals surface area contributed by atoms with Crippen molar-refractivity contribution in [1.29, 1.82) is 0 Å². The number of phosphoric ester groups is 2. The fourth-order valence-corrected chi connectivity index (χ4v) is 12.1. The molecule has 0 aliphatic heterocycles. The van der Waals surface area contributed by atoms with Gasteiger partial charge >= 0.3 is 39.5 Å². The fourth-order valence-electron chi connectivity index (χ4n) is 10.5. The minimum absolute atomic E-state index is 0.105. The fraction of sp³-hybridized carbons (Fsp3) is 0.943. The topological polar surface area (TPSA) is 237 Å². The largest absolute Gasteiger partial charge is 0.472 e. The third-order valence-electron chi connectivity index (χ3n) is 16.1. The molecule has 0 aromatic heterocycles. The summed E-state index contributed by atoms with van der Waals surface area (Å²) < 4.78 is 68.2. The van der Waals surface area contributed by atoms with Crippen LogP contribution in [0, 0.1) is 17.8 Å². The summed E-state index contributed by atoms with van der Waals surface area (Å²) in [5.41, 5.74) is 0. The van der Waals surface area contributed by atoms with Gasteiger partial charge in [-0.3, -0.25) is 37.3 Å². The van der Waals surface area contributed by atoms with Crippen LogP contribution in [0.25, 0.3) is 0 Å². The summed E-state index contributed by atoms with van der Waals surface area (Å²) >= 11 is 0. The molecule has 3 N–H and O–H groups in total. The van der Waals surface area contributed by atoms with Gasteiger partial charge in [-0.1, -0.05) is 299 Å². The van der Waals surface area contributed by atoms with Crippen molar-refractivity contribution in [2.45, 2.75) is 369 Å². The summed E-state index contributed by atoms with van der Waals surface area (Å²) in [6, 6.07) is 0. The molecule has 0 amide bonds. The van der Waals surface area contributed by atoms with Gasteiger partial charge < -0.3 is 33.8 Å². The lowest BCUT2D eigenvalue weighted by Crippen LogP contribution is -2.30. The molecule has 5 atom stereocenters. The van der Waals surface area contributed by atoms with E-state index in [1.807, 2.05) is 0 Å². The average Bonchev–Trinajstić information content (AvgIpc) is 3.51. The summed E-state index contributed by atoms with van der Waals surface area (Å²) in [6.45, 7) is 11.8. The second-order valence-electron chi connectivity index (χ2n) is 26.7. The molecule has 0 aromatic carbocycles. The van der Waals surface area contributed by atoms with E-state index in [0.717, 1.165) is 120 Å². The summed E-state index contributed by atoms with van der Waals surface area (Å²) in [6.07, 6.45) is 44.5. The molecule has 0 saturated carbocycles. The highest BCUT2D eigenvalue weighted by atomic mass is 31.2. The van der Waals surface area contributed by atoms with Crippen LogP contribution in [0.5, 0.6) is 0 Å². The monoisotopic (exact) mass is 1310 g/mol. The molecule has 0 radical (unpaired) electrons. The van der Waals surface area contributed by atoms with Crippen LogP contribution in [0.3, 0.4) is 0 Å². The quantitative estimate of drug-likeness (QED) is 0.0222. The highest BCUT2D eigenvalue weighted by Crippen LogP contribution is 2.45. The Hall–Kier alpha value is -1.94. The van der Waals surface area contributed by atoms with Gasteiger partial charge in [-0.25, -0.2) is 9.13 Å². The Morgan fingerprint density at radius 3 is 0.764 bits per heavy atom. The molecule has 2 unspecified atom stereocenters. The van der Waals surface area contributed by atoms with Gasteiger partial charge in [0.15, 0.2) is 12.2 Å². The van der Waals surface area contributed by atoms with Crippen LogP contribution in [-0.4, -0.2) is 96.7 Å². The molecular weight excluding hydrogens is 1170 g/mol. The van der Waals surface area contributed by atoms with Crippen LogP contribution in [0.2, 0.25) is 0 Å². The summed E-state index contributed by atoms with van der Waals surface area (Å²) in [5, 5.41) is 10.6. The summed E-state index contributed by atoms with van der Waals surface area (Å²) in [5.74, 6) is 0.170. The Balaban J connectivity index is 5.22. The van der Waals surface area contributed by atoms with Gasteiger partial charge in [0, 0.05) is 25.7 Å². The minimum atomic E-state index is -4.95. The van der Waals surface area contributed by atoms with Crippen molar-refractivity contribution in [2.75, 3.05) is 39.6 Å². The van der Waals surface area contributed by atoms with E-state index in [0.29, 0.717) is 25.7 Å². The van der Waals surface area contributed by atoms with E-state index in [1.165, 1.54) is 148 Å². The van der Waals surface area contributed by atoms with Gasteiger partial charge in [0.1, 0.15) is 19.3 Å². The van der Waals surface area contributed by atoms with Crippen molar-refractivity contribution in [3.8, 4) is 0 Å². The molecule has 0 heterocycles. The molecule has 0 aliphatic carbocycles. The van der Waals surface area contributed by atoms with E-state index in [2.05, 4.69) is 48.5 Å². The van der Waals surface area contributed by atoms with Crippen molar-refractivity contribution in [3.05, 3.63) is 0 Å². The smallest absolute Gasteiger partial charge is 0.462 e. The Morgan fingerprint density at radius 2 is 0.517 bits per heavy atom. The number of aliphatic hydroxyl groups excluding tert-OH is 1. The molecule has 528 valence electrons. The zero-order chi connectivity index (χ0) is 65.9. The molecule has 0 fully saturated rings. The molecule has 0 saturated heterocycles. The van der Waals surface area contributed by atoms with E-state index < -0.39 is 97.5 Å². The number of esters is 4. The number of ether oxygens (including phenoxy) is 4. The zero-order valence-corrected chi connectivity index (χ0v) is 59.7. The average molecular weight is 1310 g/mol.